The topological polar surface area (TPSA) is 68.9 Å². The number of hydrogen-bond donors (Lipinski definition) is 1. The van der Waals surface area contributed by atoms with E-state index in [0.717, 1.165) is 16.9 Å². The highest BCUT2D eigenvalue weighted by Crippen LogP contribution is 2.24. The van der Waals surface area contributed by atoms with Crippen LogP contribution in [-0.4, -0.2) is 20.0 Å². The minimum absolute atomic E-state index is 0.0962. The van der Waals surface area contributed by atoms with E-state index in [1.54, 1.807) is 18.2 Å². The number of nitrogens with one attached hydrogen (secondary N) is 1. The highest BCUT2D eigenvalue weighted by molar-refractivity contribution is 5.83. The molecule has 0 aliphatic rings. The largest absolute Gasteiger partial charge is 0.352 e. The third kappa shape index (κ3) is 3.99. The molecule has 0 bridgehead atoms. The van der Waals surface area contributed by atoms with Gasteiger partial charge in [-0.05, 0) is 37.6 Å². The number of nitrogens with zero attached hydrogens (tertiary/aromatic N) is 3. The summed E-state index contributed by atoms with van der Waals surface area (Å²) in [5, 5.41) is 3.25. The highest BCUT2D eigenvalue weighted by Gasteiger charge is 2.18. The molecule has 2 heterocycles. The van der Waals surface area contributed by atoms with Crippen LogP contribution in [0.5, 0.6) is 0 Å². The number of rotatable bonds is 6. The molecule has 0 aliphatic heterocycles. The molecule has 0 aliphatic carbocycles. The summed E-state index contributed by atoms with van der Waals surface area (Å²) in [4.78, 5) is 29.9. The zero-order chi connectivity index (χ0) is 22.0. The molecule has 31 heavy (non-hydrogen) atoms. The first-order chi connectivity index (χ1) is 15.0. The third-order valence-electron chi connectivity index (χ3n) is 5.51. The minimum Gasteiger partial charge on any atom is -0.352 e. The van der Waals surface area contributed by atoms with Crippen LogP contribution in [0, 0.1) is 19.7 Å². The number of amides is 1. The Kier molecular flexibility index (Phi) is 5.66. The Bertz CT molecular complexity index is 1310. The van der Waals surface area contributed by atoms with E-state index in [0.29, 0.717) is 16.6 Å². The quantitative estimate of drug-likeness (QED) is 0.520. The summed E-state index contributed by atoms with van der Waals surface area (Å²) in [6.07, 6.45) is 1.58. The van der Waals surface area contributed by atoms with Crippen LogP contribution in [0.25, 0.3) is 16.7 Å². The van der Waals surface area contributed by atoms with Crippen LogP contribution in [0.15, 0.2) is 65.7 Å². The fraction of sp³-hybridized carbons (Fsp3) is 0.208. The summed E-state index contributed by atoms with van der Waals surface area (Å²) in [5.41, 5.74) is 3.61. The van der Waals surface area contributed by atoms with Gasteiger partial charge in [-0.2, -0.15) is 0 Å². The molecular formula is C24H23FN4O2. The van der Waals surface area contributed by atoms with E-state index in [1.165, 1.54) is 17.0 Å². The van der Waals surface area contributed by atoms with Gasteiger partial charge < -0.3 is 5.32 Å². The lowest BCUT2D eigenvalue weighted by molar-refractivity contribution is -0.121. The molecule has 4 aromatic rings. The third-order valence-corrected chi connectivity index (χ3v) is 5.51. The molecular weight excluding hydrogens is 395 g/mol. The van der Waals surface area contributed by atoms with Gasteiger partial charge in [0.05, 0.1) is 11.7 Å². The zero-order valence-corrected chi connectivity index (χ0v) is 17.4. The lowest BCUT2D eigenvalue weighted by atomic mass is 10.2. The fourth-order valence-electron chi connectivity index (χ4n) is 3.68. The van der Waals surface area contributed by atoms with E-state index in [4.69, 9.17) is 0 Å². The van der Waals surface area contributed by atoms with Gasteiger partial charge in [0.2, 0.25) is 5.91 Å². The van der Waals surface area contributed by atoms with E-state index in [2.05, 4.69) is 10.3 Å². The number of para-hydroxylation sites is 1. The standard InChI is InChI=1S/C24H23FN4O2/c1-16-17(2)29(19-9-4-3-5-10-19)23-22(16)24(31)28(15-27-23)13-12-21(30)26-14-18-8-6-7-11-20(18)25/h3-11,15H,12-14H2,1-2H3,(H,26,30). The Morgan fingerprint density at radius 3 is 2.52 bits per heavy atom. The molecule has 0 radical (unpaired) electrons. The molecule has 0 saturated carbocycles. The lowest BCUT2D eigenvalue weighted by Crippen LogP contribution is -2.27. The normalized spacial score (nSPS) is 11.1. The van der Waals surface area contributed by atoms with Crippen molar-refractivity contribution in [1.82, 2.24) is 19.4 Å². The molecule has 2 aromatic carbocycles. The average Bonchev–Trinajstić information content (AvgIpc) is 3.04. The van der Waals surface area contributed by atoms with Gasteiger partial charge in [0.1, 0.15) is 5.82 Å². The van der Waals surface area contributed by atoms with E-state index in [9.17, 15) is 14.0 Å². The van der Waals surface area contributed by atoms with Gasteiger partial charge in [0.15, 0.2) is 5.65 Å². The van der Waals surface area contributed by atoms with Gasteiger partial charge in [0, 0.05) is 36.5 Å². The summed E-state index contributed by atoms with van der Waals surface area (Å²) >= 11 is 0. The minimum atomic E-state index is -0.359. The Balaban J connectivity index is 1.54. The molecule has 0 atom stereocenters. The second-order valence-corrected chi connectivity index (χ2v) is 7.44. The van der Waals surface area contributed by atoms with Crippen molar-refractivity contribution < 1.29 is 9.18 Å². The first-order valence-corrected chi connectivity index (χ1v) is 10.1. The van der Waals surface area contributed by atoms with Crippen molar-refractivity contribution in [1.29, 1.82) is 0 Å². The first-order valence-electron chi connectivity index (χ1n) is 10.1. The van der Waals surface area contributed by atoms with Crippen molar-refractivity contribution in [3.8, 4) is 5.69 Å². The number of carbonyl (C=O) groups excluding carboxylic acids is 1. The number of carbonyl (C=O) groups is 1. The van der Waals surface area contributed by atoms with Crippen LogP contribution in [0.4, 0.5) is 4.39 Å². The maximum absolute atomic E-state index is 13.7. The zero-order valence-electron chi connectivity index (χ0n) is 17.4. The predicted molar refractivity (Wildman–Crippen MR) is 118 cm³/mol. The Hall–Kier alpha value is -3.74. The molecule has 4 rings (SSSR count). The number of fused-ring (bicyclic) bond motifs is 1. The second kappa shape index (κ2) is 8.55. The van der Waals surface area contributed by atoms with E-state index >= 15 is 0 Å². The molecule has 6 nitrogen and oxygen atoms in total. The molecule has 0 fully saturated rings. The molecule has 7 heteroatoms. The smallest absolute Gasteiger partial charge is 0.263 e. The van der Waals surface area contributed by atoms with E-state index in [1.807, 2.05) is 48.7 Å². The summed E-state index contributed by atoms with van der Waals surface area (Å²) in [6, 6.07) is 16.1. The average molecular weight is 418 g/mol. The van der Waals surface area contributed by atoms with Crippen molar-refractivity contribution >= 4 is 16.9 Å². The predicted octanol–water partition coefficient (Wildman–Crippen LogP) is 3.65. The van der Waals surface area contributed by atoms with Crippen LogP contribution >= 0.6 is 0 Å². The second-order valence-electron chi connectivity index (χ2n) is 7.44. The molecule has 158 valence electrons. The van der Waals surface area contributed by atoms with Gasteiger partial charge in [-0.3, -0.25) is 18.7 Å². The van der Waals surface area contributed by atoms with Crippen molar-refractivity contribution in [3.05, 3.63) is 93.9 Å². The summed E-state index contributed by atoms with van der Waals surface area (Å²) in [6.45, 7) is 4.17. The number of halogens is 1. The molecule has 1 amide bonds. The van der Waals surface area contributed by atoms with Crippen LogP contribution in [0.2, 0.25) is 0 Å². The molecule has 2 aromatic heterocycles. The molecule has 0 saturated heterocycles. The summed E-state index contributed by atoms with van der Waals surface area (Å²) in [5.74, 6) is -0.618. The number of hydrogen-bond acceptors (Lipinski definition) is 3. The van der Waals surface area contributed by atoms with E-state index < -0.39 is 0 Å². The van der Waals surface area contributed by atoms with E-state index in [-0.39, 0.29) is 36.8 Å². The summed E-state index contributed by atoms with van der Waals surface area (Å²) < 4.78 is 17.1. The van der Waals surface area contributed by atoms with Crippen LogP contribution in [-0.2, 0) is 17.9 Å². The van der Waals surface area contributed by atoms with Gasteiger partial charge in [-0.1, -0.05) is 36.4 Å². The van der Waals surface area contributed by atoms with Gasteiger partial charge in [-0.15, -0.1) is 0 Å². The van der Waals surface area contributed by atoms with Gasteiger partial charge in [0.25, 0.3) is 5.56 Å². The number of aromatic nitrogens is 3. The monoisotopic (exact) mass is 418 g/mol. The number of aryl methyl sites for hydroxylation is 2. The fourth-order valence-corrected chi connectivity index (χ4v) is 3.68. The molecule has 1 N–H and O–H groups in total. The SMILES string of the molecule is Cc1c(C)n(-c2ccccc2)c2ncn(CCC(=O)NCc3ccccc3F)c(=O)c12. The Morgan fingerprint density at radius 2 is 1.77 bits per heavy atom. The lowest BCUT2D eigenvalue weighted by Gasteiger charge is -2.09. The first kappa shape index (κ1) is 20.5. The maximum atomic E-state index is 13.7. The Labute approximate surface area is 179 Å². The van der Waals surface area contributed by atoms with Crippen molar-refractivity contribution in [2.75, 3.05) is 0 Å². The van der Waals surface area contributed by atoms with Crippen molar-refractivity contribution in [2.24, 2.45) is 0 Å². The van der Waals surface area contributed by atoms with Crippen molar-refractivity contribution in [3.63, 3.8) is 0 Å². The molecule has 0 spiro atoms. The highest BCUT2D eigenvalue weighted by atomic mass is 19.1. The maximum Gasteiger partial charge on any atom is 0.263 e. The Morgan fingerprint density at radius 1 is 1.06 bits per heavy atom. The van der Waals surface area contributed by atoms with Crippen molar-refractivity contribution in [2.45, 2.75) is 33.4 Å². The van der Waals surface area contributed by atoms with Gasteiger partial charge >= 0.3 is 0 Å². The van der Waals surface area contributed by atoms with Crippen LogP contribution < -0.4 is 10.9 Å². The van der Waals surface area contributed by atoms with Crippen LogP contribution in [0.1, 0.15) is 23.2 Å². The van der Waals surface area contributed by atoms with Gasteiger partial charge in [-0.25, -0.2) is 9.37 Å². The van der Waals surface area contributed by atoms with Crippen LogP contribution in [0.3, 0.4) is 0 Å². The number of benzene rings is 2. The summed E-state index contributed by atoms with van der Waals surface area (Å²) in [7, 11) is 0. The molecule has 0 unspecified atom stereocenters.